The molecule has 0 aliphatic rings. The minimum atomic E-state index is -0.592. The van der Waals surface area contributed by atoms with E-state index in [1.165, 1.54) is 18.6 Å². The maximum absolute atomic E-state index is 16.0. The molecule has 1 amide bonds. The Labute approximate surface area is 215 Å². The smallest absolute Gasteiger partial charge is 0.229 e. The average Bonchev–Trinajstić information content (AvgIpc) is 3.54. The summed E-state index contributed by atoms with van der Waals surface area (Å²) in [4.78, 5) is 37.4. The Morgan fingerprint density at radius 1 is 0.947 bits per heavy atom. The molecule has 3 N–H and O–H groups in total. The topological polar surface area (TPSA) is 138 Å². The highest BCUT2D eigenvalue weighted by Crippen LogP contribution is 2.34. The third-order valence-electron chi connectivity index (χ3n) is 6.10. The molecule has 6 heterocycles. The number of pyridine rings is 4. The molecule has 6 rings (SSSR count). The van der Waals surface area contributed by atoms with E-state index < -0.39 is 11.2 Å². The molecule has 0 aromatic carbocycles. The summed E-state index contributed by atoms with van der Waals surface area (Å²) in [6.07, 6.45) is 9.56. The van der Waals surface area contributed by atoms with Crippen LogP contribution in [0.2, 0.25) is 0 Å². The third kappa shape index (κ3) is 4.03. The first-order valence-electron chi connectivity index (χ1n) is 11.8. The standard InChI is InChI=1S/C27H22FN9O/c1-27(2,3)26(38)33-16-9-15(11-30-12-16)18-13-32-23-19(20(18)28)22(36-37-23)25-34-21-17(6-8-31-24(21)35-25)14-5-4-7-29-10-14/h4-13H,1-3H3,(H,33,38)(H,31,34,35)(H,32,36,37). The minimum absolute atomic E-state index is 0.174. The van der Waals surface area contributed by atoms with Crippen LogP contribution < -0.4 is 5.32 Å². The maximum atomic E-state index is 16.0. The zero-order chi connectivity index (χ0) is 26.4. The largest absolute Gasteiger partial charge is 0.324 e. The molecule has 0 atom stereocenters. The highest BCUT2D eigenvalue weighted by Gasteiger charge is 2.23. The van der Waals surface area contributed by atoms with Crippen molar-refractivity contribution < 1.29 is 9.18 Å². The van der Waals surface area contributed by atoms with Crippen molar-refractivity contribution in [2.75, 3.05) is 5.32 Å². The lowest BCUT2D eigenvalue weighted by atomic mass is 9.95. The molecule has 10 nitrogen and oxygen atoms in total. The van der Waals surface area contributed by atoms with Gasteiger partial charge in [-0.1, -0.05) is 26.8 Å². The zero-order valence-electron chi connectivity index (χ0n) is 20.7. The van der Waals surface area contributed by atoms with Crippen molar-refractivity contribution in [2.24, 2.45) is 5.41 Å². The predicted octanol–water partition coefficient (Wildman–Crippen LogP) is 5.14. The Hall–Kier alpha value is -5.06. The van der Waals surface area contributed by atoms with Crippen molar-refractivity contribution in [1.82, 2.24) is 40.1 Å². The minimum Gasteiger partial charge on any atom is -0.324 e. The van der Waals surface area contributed by atoms with Crippen molar-refractivity contribution in [3.63, 3.8) is 0 Å². The Kier molecular flexibility index (Phi) is 5.41. The molecule has 11 heteroatoms. The first kappa shape index (κ1) is 23.3. The highest BCUT2D eigenvalue weighted by atomic mass is 19.1. The SMILES string of the molecule is CC(C)(C)C(=O)Nc1cncc(-c2cnc3[nH]nc(-c4nc5c(-c6cccnc6)ccnc5[nH]4)c3c2F)c1. The number of imidazole rings is 1. The molecule has 0 bridgehead atoms. The number of anilines is 1. The van der Waals surface area contributed by atoms with Crippen LogP contribution in [0.1, 0.15) is 20.8 Å². The van der Waals surface area contributed by atoms with Crippen molar-refractivity contribution in [2.45, 2.75) is 20.8 Å². The van der Waals surface area contributed by atoms with E-state index in [0.29, 0.717) is 28.2 Å². The lowest BCUT2D eigenvalue weighted by Crippen LogP contribution is -2.27. The lowest BCUT2D eigenvalue weighted by Gasteiger charge is -2.17. The molecule has 0 saturated carbocycles. The number of aromatic amines is 2. The Bertz CT molecular complexity index is 1820. The summed E-state index contributed by atoms with van der Waals surface area (Å²) in [6, 6.07) is 7.29. The van der Waals surface area contributed by atoms with Gasteiger partial charge in [-0.2, -0.15) is 5.10 Å². The number of aromatic nitrogens is 8. The van der Waals surface area contributed by atoms with Crippen molar-refractivity contribution in [1.29, 1.82) is 0 Å². The Morgan fingerprint density at radius 3 is 2.58 bits per heavy atom. The number of nitrogens with zero attached hydrogens (tertiary/aromatic N) is 6. The number of rotatable bonds is 4. The average molecular weight is 508 g/mol. The first-order chi connectivity index (χ1) is 18.3. The first-order valence-corrected chi connectivity index (χ1v) is 11.8. The molecular formula is C27H22FN9O. The van der Waals surface area contributed by atoms with Gasteiger partial charge >= 0.3 is 0 Å². The van der Waals surface area contributed by atoms with Crippen LogP contribution in [-0.2, 0) is 4.79 Å². The molecule has 38 heavy (non-hydrogen) atoms. The van der Waals surface area contributed by atoms with Crippen LogP contribution in [0.15, 0.2) is 61.4 Å². The van der Waals surface area contributed by atoms with Gasteiger partial charge in [0.1, 0.15) is 17.0 Å². The fourth-order valence-corrected chi connectivity index (χ4v) is 4.08. The third-order valence-corrected chi connectivity index (χ3v) is 6.10. The lowest BCUT2D eigenvalue weighted by molar-refractivity contribution is -0.123. The molecule has 6 aromatic rings. The van der Waals surface area contributed by atoms with E-state index in [1.807, 2.05) is 39.0 Å². The second-order valence-corrected chi connectivity index (χ2v) is 9.83. The van der Waals surface area contributed by atoms with Crippen LogP contribution in [0.3, 0.4) is 0 Å². The summed E-state index contributed by atoms with van der Waals surface area (Å²) in [5, 5.41) is 10.1. The highest BCUT2D eigenvalue weighted by molar-refractivity contribution is 5.97. The number of nitrogens with one attached hydrogen (secondary N) is 3. The van der Waals surface area contributed by atoms with E-state index in [-0.39, 0.29) is 28.2 Å². The summed E-state index contributed by atoms with van der Waals surface area (Å²) in [5.41, 5.74) is 3.95. The van der Waals surface area contributed by atoms with Gasteiger partial charge in [0, 0.05) is 58.7 Å². The predicted molar refractivity (Wildman–Crippen MR) is 141 cm³/mol. The van der Waals surface area contributed by atoms with Gasteiger partial charge in [-0.15, -0.1) is 0 Å². The zero-order valence-corrected chi connectivity index (χ0v) is 20.7. The van der Waals surface area contributed by atoms with Crippen molar-refractivity contribution in [3.05, 3.63) is 67.3 Å². The number of H-pyrrole nitrogens is 2. The van der Waals surface area contributed by atoms with Crippen molar-refractivity contribution >= 4 is 33.8 Å². The molecule has 0 radical (unpaired) electrons. The van der Waals surface area contributed by atoms with Crippen LogP contribution in [0.4, 0.5) is 10.1 Å². The van der Waals surface area contributed by atoms with Crippen LogP contribution >= 0.6 is 0 Å². The Balaban J connectivity index is 1.44. The molecule has 0 aliphatic carbocycles. The van der Waals surface area contributed by atoms with Gasteiger partial charge in [0.05, 0.1) is 17.3 Å². The van der Waals surface area contributed by atoms with Crippen LogP contribution in [0.5, 0.6) is 0 Å². The van der Waals surface area contributed by atoms with Crippen LogP contribution in [0, 0.1) is 11.2 Å². The second-order valence-electron chi connectivity index (χ2n) is 9.83. The van der Waals surface area contributed by atoms with Gasteiger partial charge in [0.2, 0.25) is 5.91 Å². The van der Waals surface area contributed by atoms with Crippen LogP contribution in [0.25, 0.3) is 56.0 Å². The molecule has 0 fully saturated rings. The molecule has 188 valence electrons. The second kappa shape index (κ2) is 8.80. The van der Waals surface area contributed by atoms with E-state index in [2.05, 4.69) is 40.4 Å². The van der Waals surface area contributed by atoms with Gasteiger partial charge in [0.15, 0.2) is 17.1 Å². The number of amides is 1. The fraction of sp³-hybridized carbons (Fsp3) is 0.148. The molecule has 0 aliphatic heterocycles. The van der Waals surface area contributed by atoms with E-state index in [9.17, 15) is 4.79 Å². The molecule has 0 saturated heterocycles. The molecular weight excluding hydrogens is 485 g/mol. The number of hydrogen-bond acceptors (Lipinski definition) is 7. The van der Waals surface area contributed by atoms with E-state index in [4.69, 9.17) is 4.98 Å². The van der Waals surface area contributed by atoms with Crippen LogP contribution in [-0.4, -0.2) is 46.0 Å². The van der Waals surface area contributed by atoms with Gasteiger partial charge in [0.25, 0.3) is 0 Å². The van der Waals surface area contributed by atoms with Gasteiger partial charge < -0.3 is 10.3 Å². The van der Waals surface area contributed by atoms with E-state index in [0.717, 1.165) is 11.1 Å². The van der Waals surface area contributed by atoms with Crippen molar-refractivity contribution in [3.8, 4) is 33.8 Å². The number of fused-ring (bicyclic) bond motifs is 2. The van der Waals surface area contributed by atoms with Gasteiger partial charge in [-0.05, 0) is 18.2 Å². The number of carbonyl (C=O) groups is 1. The number of hydrogen-bond donors (Lipinski definition) is 3. The van der Waals surface area contributed by atoms with Gasteiger partial charge in [-0.25, -0.2) is 19.3 Å². The fourth-order valence-electron chi connectivity index (χ4n) is 4.08. The van der Waals surface area contributed by atoms with Gasteiger partial charge in [-0.3, -0.25) is 19.9 Å². The molecule has 0 unspecified atom stereocenters. The van der Waals surface area contributed by atoms with E-state index >= 15 is 4.39 Å². The summed E-state index contributed by atoms with van der Waals surface area (Å²) in [7, 11) is 0. The normalized spacial score (nSPS) is 11.8. The number of halogens is 1. The molecule has 6 aromatic heterocycles. The summed E-state index contributed by atoms with van der Waals surface area (Å²) in [5.74, 6) is -0.371. The quantitative estimate of drug-likeness (QED) is 0.300. The number of carbonyl (C=O) groups excluding carboxylic acids is 1. The molecule has 0 spiro atoms. The Morgan fingerprint density at radius 2 is 1.79 bits per heavy atom. The van der Waals surface area contributed by atoms with E-state index in [1.54, 1.807) is 24.7 Å². The summed E-state index contributed by atoms with van der Waals surface area (Å²) >= 11 is 0. The maximum Gasteiger partial charge on any atom is 0.229 e. The monoisotopic (exact) mass is 507 g/mol. The summed E-state index contributed by atoms with van der Waals surface area (Å²) < 4.78 is 16.0. The summed E-state index contributed by atoms with van der Waals surface area (Å²) in [6.45, 7) is 5.43.